The fourth-order valence-corrected chi connectivity index (χ4v) is 2.27. The van der Waals surface area contributed by atoms with Gasteiger partial charge in [0.2, 0.25) is 0 Å². The number of hydrogen-bond acceptors (Lipinski definition) is 3. The molecule has 1 N–H and O–H groups in total. The Balaban J connectivity index is 1.76. The molecule has 3 aromatic rings. The zero-order valence-corrected chi connectivity index (χ0v) is 12.5. The number of nitrogens with one attached hydrogen (secondary N) is 1. The van der Waals surface area contributed by atoms with Crippen molar-refractivity contribution < 1.29 is 4.74 Å². The molecule has 0 aliphatic rings. The molecule has 0 saturated carbocycles. The minimum absolute atomic E-state index is 0.682. The third-order valence-corrected chi connectivity index (χ3v) is 3.33. The van der Waals surface area contributed by atoms with Gasteiger partial charge in [-0.15, -0.1) is 0 Å². The van der Waals surface area contributed by atoms with Crippen LogP contribution in [0.3, 0.4) is 0 Å². The van der Waals surface area contributed by atoms with E-state index in [1.807, 2.05) is 55.6 Å². The van der Waals surface area contributed by atoms with Crippen LogP contribution in [0.5, 0.6) is 5.75 Å². The number of hydrogen-bond donors (Lipinski definition) is 1. The van der Waals surface area contributed by atoms with Crippen molar-refractivity contribution in [3.05, 3.63) is 72.3 Å². The molecule has 0 heterocycles. The summed E-state index contributed by atoms with van der Waals surface area (Å²) >= 11 is 0. The Hall–Kier alpha value is -2.81. The molecular formula is C19H18N2O. The maximum atomic E-state index is 5.52. The molecule has 22 heavy (non-hydrogen) atoms. The highest BCUT2D eigenvalue weighted by atomic mass is 16.5. The number of ether oxygens (including phenoxy) is 1. The van der Waals surface area contributed by atoms with Crippen LogP contribution >= 0.6 is 0 Å². The number of rotatable bonds is 5. The monoisotopic (exact) mass is 290 g/mol. The van der Waals surface area contributed by atoms with E-state index in [2.05, 4.69) is 34.8 Å². The molecule has 0 bridgehead atoms. The maximum absolute atomic E-state index is 5.52. The van der Waals surface area contributed by atoms with Gasteiger partial charge in [0.05, 0.1) is 18.5 Å². The molecule has 0 saturated heterocycles. The molecule has 3 heteroatoms. The number of para-hydroxylation sites is 1. The number of anilines is 1. The largest absolute Gasteiger partial charge is 0.494 e. The molecule has 3 aromatic carbocycles. The zero-order chi connectivity index (χ0) is 15.2. The molecule has 0 aliphatic carbocycles. The predicted molar refractivity (Wildman–Crippen MR) is 92.8 cm³/mol. The molecular weight excluding hydrogens is 272 g/mol. The summed E-state index contributed by atoms with van der Waals surface area (Å²) in [5.74, 6) is 0.905. The van der Waals surface area contributed by atoms with E-state index in [0.29, 0.717) is 6.61 Å². The van der Waals surface area contributed by atoms with Crippen molar-refractivity contribution in [1.82, 2.24) is 0 Å². The summed E-state index contributed by atoms with van der Waals surface area (Å²) in [6.45, 7) is 2.67. The molecule has 3 nitrogen and oxygen atoms in total. The van der Waals surface area contributed by atoms with E-state index in [-0.39, 0.29) is 0 Å². The third-order valence-electron chi connectivity index (χ3n) is 3.33. The van der Waals surface area contributed by atoms with Gasteiger partial charge in [0, 0.05) is 0 Å². The molecule has 3 rings (SSSR count). The van der Waals surface area contributed by atoms with Crippen LogP contribution in [0.4, 0.5) is 5.69 Å². The summed E-state index contributed by atoms with van der Waals surface area (Å²) in [5.41, 5.74) is 5.05. The Morgan fingerprint density at radius 1 is 0.955 bits per heavy atom. The zero-order valence-electron chi connectivity index (χ0n) is 12.5. The number of nitrogens with zero attached hydrogens (tertiary/aromatic N) is 1. The Labute approximate surface area is 130 Å². The van der Waals surface area contributed by atoms with E-state index in [9.17, 15) is 0 Å². The van der Waals surface area contributed by atoms with E-state index in [0.717, 1.165) is 17.0 Å². The van der Waals surface area contributed by atoms with E-state index in [1.54, 1.807) is 0 Å². The van der Waals surface area contributed by atoms with E-state index in [4.69, 9.17) is 4.74 Å². The van der Waals surface area contributed by atoms with Gasteiger partial charge in [-0.3, -0.25) is 5.43 Å². The van der Waals surface area contributed by atoms with Crippen LogP contribution in [0.25, 0.3) is 10.8 Å². The fraction of sp³-hybridized carbons (Fsp3) is 0.105. The van der Waals surface area contributed by atoms with Gasteiger partial charge in [0.15, 0.2) is 0 Å². The smallest absolute Gasteiger partial charge is 0.119 e. The topological polar surface area (TPSA) is 33.6 Å². The van der Waals surface area contributed by atoms with E-state index >= 15 is 0 Å². The van der Waals surface area contributed by atoms with Gasteiger partial charge in [-0.1, -0.05) is 36.4 Å². The first-order valence-electron chi connectivity index (χ1n) is 7.36. The average molecular weight is 290 g/mol. The van der Waals surface area contributed by atoms with Gasteiger partial charge < -0.3 is 4.74 Å². The maximum Gasteiger partial charge on any atom is 0.119 e. The van der Waals surface area contributed by atoms with Crippen molar-refractivity contribution in [3.8, 4) is 5.75 Å². The standard InChI is InChI=1S/C19H18N2O/c1-2-22-19-11-10-16-12-15(8-9-17(16)13-19)14-20-21-18-6-4-3-5-7-18/h3-14,21H,2H2,1H3. The summed E-state index contributed by atoms with van der Waals surface area (Å²) in [6, 6.07) is 22.3. The van der Waals surface area contributed by atoms with Gasteiger partial charge >= 0.3 is 0 Å². The predicted octanol–water partition coefficient (Wildman–Crippen LogP) is 4.68. The number of benzene rings is 3. The molecule has 0 radical (unpaired) electrons. The molecule has 0 fully saturated rings. The van der Waals surface area contributed by atoms with E-state index in [1.165, 1.54) is 10.8 Å². The van der Waals surface area contributed by atoms with Crippen LogP contribution in [0.2, 0.25) is 0 Å². The lowest BCUT2D eigenvalue weighted by atomic mass is 10.1. The Kier molecular flexibility index (Phi) is 4.35. The minimum Gasteiger partial charge on any atom is -0.494 e. The van der Waals surface area contributed by atoms with Gasteiger partial charge in [0.25, 0.3) is 0 Å². The lowest BCUT2D eigenvalue weighted by molar-refractivity contribution is 0.341. The summed E-state index contributed by atoms with van der Waals surface area (Å²) in [4.78, 5) is 0. The second kappa shape index (κ2) is 6.76. The first-order chi connectivity index (χ1) is 10.8. The summed E-state index contributed by atoms with van der Waals surface area (Å²) in [5, 5.41) is 6.61. The quantitative estimate of drug-likeness (QED) is 0.546. The average Bonchev–Trinajstić information content (AvgIpc) is 2.56. The SMILES string of the molecule is CCOc1ccc2cc(C=NNc3ccccc3)ccc2c1. The second-order valence-corrected chi connectivity index (χ2v) is 4.94. The van der Waals surface area contributed by atoms with Crippen molar-refractivity contribution in [2.45, 2.75) is 6.92 Å². The second-order valence-electron chi connectivity index (χ2n) is 4.94. The molecule has 0 atom stereocenters. The van der Waals surface area contributed by atoms with Crippen molar-refractivity contribution in [1.29, 1.82) is 0 Å². The first-order valence-corrected chi connectivity index (χ1v) is 7.36. The van der Waals surface area contributed by atoms with E-state index < -0.39 is 0 Å². The highest BCUT2D eigenvalue weighted by molar-refractivity contribution is 5.91. The number of fused-ring (bicyclic) bond motifs is 1. The van der Waals surface area contributed by atoms with Crippen molar-refractivity contribution in [2.24, 2.45) is 5.10 Å². The lowest BCUT2D eigenvalue weighted by Gasteiger charge is -2.05. The summed E-state index contributed by atoms with van der Waals surface area (Å²) < 4.78 is 5.52. The van der Waals surface area contributed by atoms with Crippen molar-refractivity contribution in [3.63, 3.8) is 0 Å². The van der Waals surface area contributed by atoms with Crippen molar-refractivity contribution >= 4 is 22.7 Å². The van der Waals surface area contributed by atoms with Crippen LogP contribution in [-0.2, 0) is 0 Å². The molecule has 110 valence electrons. The summed E-state index contributed by atoms with van der Waals surface area (Å²) in [6.07, 6.45) is 1.82. The van der Waals surface area contributed by atoms with Gasteiger partial charge in [-0.2, -0.15) is 5.10 Å². The Morgan fingerprint density at radius 2 is 1.73 bits per heavy atom. The molecule has 0 aliphatic heterocycles. The highest BCUT2D eigenvalue weighted by Gasteiger charge is 1.98. The first kappa shape index (κ1) is 14.1. The fourth-order valence-electron chi connectivity index (χ4n) is 2.27. The lowest BCUT2D eigenvalue weighted by Crippen LogP contribution is -1.92. The number of hydrazone groups is 1. The molecule has 0 spiro atoms. The summed E-state index contributed by atoms with van der Waals surface area (Å²) in [7, 11) is 0. The van der Waals surface area contributed by atoms with Gasteiger partial charge in [-0.25, -0.2) is 0 Å². The third kappa shape index (κ3) is 3.44. The Bertz CT molecular complexity index is 782. The van der Waals surface area contributed by atoms with Crippen LogP contribution in [0, 0.1) is 0 Å². The van der Waals surface area contributed by atoms with Crippen LogP contribution in [0.15, 0.2) is 71.8 Å². The Morgan fingerprint density at radius 3 is 2.55 bits per heavy atom. The molecule has 0 aromatic heterocycles. The van der Waals surface area contributed by atoms with Gasteiger partial charge in [-0.05, 0) is 53.6 Å². The van der Waals surface area contributed by atoms with Crippen LogP contribution in [0.1, 0.15) is 12.5 Å². The van der Waals surface area contributed by atoms with Crippen LogP contribution in [-0.4, -0.2) is 12.8 Å². The highest BCUT2D eigenvalue weighted by Crippen LogP contribution is 2.21. The minimum atomic E-state index is 0.682. The molecule has 0 amide bonds. The van der Waals surface area contributed by atoms with Crippen LogP contribution < -0.4 is 10.2 Å². The van der Waals surface area contributed by atoms with Gasteiger partial charge in [0.1, 0.15) is 5.75 Å². The van der Waals surface area contributed by atoms with Crippen molar-refractivity contribution in [2.75, 3.05) is 12.0 Å². The normalized spacial score (nSPS) is 11.0. The molecule has 0 unspecified atom stereocenters.